The van der Waals surface area contributed by atoms with Crippen LogP contribution in [-0.4, -0.2) is 10.9 Å². The molecule has 0 heterocycles. The highest BCUT2D eigenvalue weighted by molar-refractivity contribution is 7.80. The highest BCUT2D eigenvalue weighted by Gasteiger charge is 2.16. The van der Waals surface area contributed by atoms with Gasteiger partial charge in [-0.2, -0.15) is 0 Å². The molecule has 4 heteroatoms. The Balaban J connectivity index is 3.04. The Morgan fingerprint density at radius 1 is 1.47 bits per heavy atom. The van der Waals surface area contributed by atoms with Crippen molar-refractivity contribution in [1.82, 2.24) is 5.32 Å². The molecular weight excluding hydrogens is 208 g/mol. The van der Waals surface area contributed by atoms with Crippen LogP contribution in [0.1, 0.15) is 24.1 Å². The fourth-order valence-corrected chi connectivity index (χ4v) is 1.60. The second-order valence-corrected chi connectivity index (χ2v) is 3.86. The molecule has 3 nitrogen and oxygen atoms in total. The van der Waals surface area contributed by atoms with Gasteiger partial charge >= 0.3 is 0 Å². The second-order valence-electron chi connectivity index (χ2n) is 3.39. The number of nitrogens with one attached hydrogen (secondary N) is 1. The van der Waals surface area contributed by atoms with Gasteiger partial charge in [0, 0.05) is 6.92 Å². The maximum atomic E-state index is 11.0. The van der Waals surface area contributed by atoms with Gasteiger partial charge in [-0.15, -0.1) is 0 Å². The largest absolute Gasteiger partial charge is 0.391 e. The zero-order valence-electron chi connectivity index (χ0n) is 8.78. The SMILES string of the molecule is CC(=O)NC(C(N)=S)c1ccccc1C. The molecule has 0 fully saturated rings. The lowest BCUT2D eigenvalue weighted by Gasteiger charge is -2.18. The fraction of sp³-hybridized carbons (Fsp3) is 0.273. The maximum Gasteiger partial charge on any atom is 0.217 e. The van der Waals surface area contributed by atoms with Crippen LogP contribution in [0.5, 0.6) is 0 Å². The average molecular weight is 222 g/mol. The zero-order chi connectivity index (χ0) is 11.4. The molecule has 80 valence electrons. The van der Waals surface area contributed by atoms with E-state index in [9.17, 15) is 4.79 Å². The second kappa shape index (κ2) is 4.89. The molecule has 0 saturated carbocycles. The van der Waals surface area contributed by atoms with Gasteiger partial charge in [-0.1, -0.05) is 36.5 Å². The summed E-state index contributed by atoms with van der Waals surface area (Å²) in [5.74, 6) is -0.143. The Labute approximate surface area is 94.7 Å². The van der Waals surface area contributed by atoms with Gasteiger partial charge in [-0.25, -0.2) is 0 Å². The number of nitrogens with two attached hydrogens (primary N) is 1. The number of rotatable bonds is 3. The fourth-order valence-electron chi connectivity index (χ4n) is 1.42. The molecule has 0 radical (unpaired) electrons. The molecule has 0 bridgehead atoms. The van der Waals surface area contributed by atoms with E-state index in [1.54, 1.807) is 0 Å². The minimum Gasteiger partial charge on any atom is -0.391 e. The summed E-state index contributed by atoms with van der Waals surface area (Å²) >= 11 is 4.94. The normalized spacial score (nSPS) is 11.9. The van der Waals surface area contributed by atoms with E-state index in [1.165, 1.54) is 6.92 Å². The van der Waals surface area contributed by atoms with Gasteiger partial charge in [0.25, 0.3) is 0 Å². The number of hydrogen-bond donors (Lipinski definition) is 2. The molecule has 1 atom stereocenters. The molecule has 1 aromatic carbocycles. The summed E-state index contributed by atoms with van der Waals surface area (Å²) in [6, 6.07) is 7.33. The first-order chi connectivity index (χ1) is 7.02. The van der Waals surface area contributed by atoms with Crippen LogP contribution >= 0.6 is 12.2 Å². The van der Waals surface area contributed by atoms with Gasteiger partial charge in [0.05, 0.1) is 0 Å². The molecule has 1 aromatic rings. The van der Waals surface area contributed by atoms with Gasteiger partial charge in [-0.3, -0.25) is 4.79 Å². The summed E-state index contributed by atoms with van der Waals surface area (Å²) in [6.07, 6.45) is 0. The van der Waals surface area contributed by atoms with Crippen LogP contribution in [0.15, 0.2) is 24.3 Å². The summed E-state index contributed by atoms with van der Waals surface area (Å²) < 4.78 is 0. The number of amides is 1. The van der Waals surface area contributed by atoms with Crippen molar-refractivity contribution in [3.8, 4) is 0 Å². The number of aryl methyl sites for hydroxylation is 1. The van der Waals surface area contributed by atoms with Crippen molar-refractivity contribution in [1.29, 1.82) is 0 Å². The van der Waals surface area contributed by atoms with Crippen LogP contribution in [-0.2, 0) is 4.79 Å². The predicted molar refractivity (Wildman–Crippen MR) is 64.5 cm³/mol. The van der Waals surface area contributed by atoms with E-state index in [-0.39, 0.29) is 16.9 Å². The Bertz CT molecular complexity index is 390. The smallest absolute Gasteiger partial charge is 0.217 e. The Morgan fingerprint density at radius 3 is 2.53 bits per heavy atom. The van der Waals surface area contributed by atoms with E-state index < -0.39 is 0 Å². The topological polar surface area (TPSA) is 55.1 Å². The molecule has 0 spiro atoms. The van der Waals surface area contributed by atoms with E-state index in [0.717, 1.165) is 11.1 Å². The standard InChI is InChI=1S/C11H14N2OS/c1-7-5-3-4-6-9(7)10(11(12)15)13-8(2)14/h3-6,10H,1-2H3,(H2,12,15)(H,13,14). The third-order valence-corrected chi connectivity index (χ3v) is 2.37. The Kier molecular flexibility index (Phi) is 3.80. The summed E-state index contributed by atoms with van der Waals surface area (Å²) in [5, 5.41) is 2.73. The lowest BCUT2D eigenvalue weighted by Crippen LogP contribution is -2.35. The van der Waals surface area contributed by atoms with Gasteiger partial charge < -0.3 is 11.1 Å². The van der Waals surface area contributed by atoms with Crippen LogP contribution in [0.4, 0.5) is 0 Å². The first-order valence-electron chi connectivity index (χ1n) is 4.64. The number of thiocarbonyl (C=S) groups is 1. The molecule has 0 aliphatic heterocycles. The quantitative estimate of drug-likeness (QED) is 0.761. The van der Waals surface area contributed by atoms with Crippen molar-refractivity contribution in [3.63, 3.8) is 0 Å². The molecule has 0 aliphatic carbocycles. The van der Waals surface area contributed by atoms with Crippen molar-refractivity contribution in [2.75, 3.05) is 0 Å². The van der Waals surface area contributed by atoms with Gasteiger partial charge in [0.1, 0.15) is 11.0 Å². The third-order valence-electron chi connectivity index (χ3n) is 2.13. The summed E-state index contributed by atoms with van der Waals surface area (Å²) in [7, 11) is 0. The number of carbonyl (C=O) groups excluding carboxylic acids is 1. The highest BCUT2D eigenvalue weighted by Crippen LogP contribution is 2.17. The summed E-state index contributed by atoms with van der Waals surface area (Å²) in [6.45, 7) is 3.41. The van der Waals surface area contributed by atoms with Crippen LogP contribution in [0.3, 0.4) is 0 Å². The summed E-state index contributed by atoms with van der Waals surface area (Å²) in [4.78, 5) is 11.3. The number of carbonyl (C=O) groups is 1. The van der Waals surface area contributed by atoms with Crippen LogP contribution in [0, 0.1) is 6.92 Å². The third kappa shape index (κ3) is 3.02. The van der Waals surface area contributed by atoms with Crippen LogP contribution < -0.4 is 11.1 Å². The van der Waals surface area contributed by atoms with Gasteiger partial charge in [0.15, 0.2) is 0 Å². The molecule has 3 N–H and O–H groups in total. The van der Waals surface area contributed by atoms with Crippen LogP contribution in [0.2, 0.25) is 0 Å². The first-order valence-corrected chi connectivity index (χ1v) is 5.05. The molecule has 1 amide bonds. The number of benzene rings is 1. The van der Waals surface area contributed by atoms with E-state index in [1.807, 2.05) is 31.2 Å². The molecule has 0 saturated heterocycles. The van der Waals surface area contributed by atoms with Crippen molar-refractivity contribution in [2.45, 2.75) is 19.9 Å². The highest BCUT2D eigenvalue weighted by atomic mass is 32.1. The van der Waals surface area contributed by atoms with E-state index in [0.29, 0.717) is 0 Å². The minimum absolute atomic E-state index is 0.143. The lowest BCUT2D eigenvalue weighted by atomic mass is 10.0. The Hall–Kier alpha value is -1.42. The van der Waals surface area contributed by atoms with Gasteiger partial charge in [-0.05, 0) is 18.1 Å². The molecule has 1 unspecified atom stereocenters. The minimum atomic E-state index is -0.376. The van der Waals surface area contributed by atoms with Crippen LogP contribution in [0.25, 0.3) is 0 Å². The monoisotopic (exact) mass is 222 g/mol. The molecule has 1 rings (SSSR count). The van der Waals surface area contributed by atoms with E-state index in [2.05, 4.69) is 5.32 Å². The van der Waals surface area contributed by atoms with Crippen molar-refractivity contribution in [2.24, 2.45) is 5.73 Å². The Morgan fingerprint density at radius 2 is 2.07 bits per heavy atom. The van der Waals surface area contributed by atoms with Crippen molar-refractivity contribution in [3.05, 3.63) is 35.4 Å². The van der Waals surface area contributed by atoms with E-state index in [4.69, 9.17) is 18.0 Å². The summed E-state index contributed by atoms with van der Waals surface area (Å²) in [5.41, 5.74) is 7.61. The lowest BCUT2D eigenvalue weighted by molar-refractivity contribution is -0.119. The number of hydrogen-bond acceptors (Lipinski definition) is 2. The average Bonchev–Trinajstić information content (AvgIpc) is 2.15. The zero-order valence-corrected chi connectivity index (χ0v) is 9.60. The predicted octanol–water partition coefficient (Wildman–Crippen LogP) is 1.46. The molecule has 0 aromatic heterocycles. The van der Waals surface area contributed by atoms with Crippen molar-refractivity contribution >= 4 is 23.1 Å². The maximum absolute atomic E-state index is 11.0. The molecular formula is C11H14N2OS. The van der Waals surface area contributed by atoms with Gasteiger partial charge in [0.2, 0.25) is 5.91 Å². The molecule has 15 heavy (non-hydrogen) atoms. The molecule has 0 aliphatic rings. The first kappa shape index (κ1) is 11.7. The van der Waals surface area contributed by atoms with Crippen molar-refractivity contribution < 1.29 is 4.79 Å². The van der Waals surface area contributed by atoms with E-state index >= 15 is 0 Å².